The zero-order valence-corrected chi connectivity index (χ0v) is 14.8. The fourth-order valence-electron chi connectivity index (χ4n) is 1.98. The van der Waals surface area contributed by atoms with Gasteiger partial charge in [-0.05, 0) is 26.8 Å². The van der Waals surface area contributed by atoms with Crippen LogP contribution in [0.15, 0.2) is 40.6 Å². The molecule has 8 nitrogen and oxygen atoms in total. The summed E-state index contributed by atoms with van der Waals surface area (Å²) in [6.45, 7) is 5.40. The van der Waals surface area contributed by atoms with Crippen LogP contribution in [0.25, 0.3) is 0 Å². The number of rotatable bonds is 6. The van der Waals surface area contributed by atoms with Gasteiger partial charge in [-0.2, -0.15) is 5.10 Å². The number of hydrogen-bond acceptors (Lipinski definition) is 7. The number of non-ortho nitro benzene ring substituents is 1. The first-order valence-corrected chi connectivity index (χ1v) is 8.37. The van der Waals surface area contributed by atoms with Crippen molar-refractivity contribution in [3.05, 3.63) is 57.4 Å². The molecule has 9 heteroatoms. The van der Waals surface area contributed by atoms with Crippen molar-refractivity contribution in [1.82, 2.24) is 15.4 Å². The predicted molar refractivity (Wildman–Crippen MR) is 95.7 cm³/mol. The van der Waals surface area contributed by atoms with E-state index in [1.807, 2.05) is 19.9 Å². The molecule has 1 aromatic carbocycles. The van der Waals surface area contributed by atoms with Crippen LogP contribution in [0, 0.1) is 24.0 Å². The summed E-state index contributed by atoms with van der Waals surface area (Å²) in [6.07, 6.45) is 0. The Morgan fingerprint density at radius 2 is 1.96 bits per heavy atom. The van der Waals surface area contributed by atoms with E-state index in [2.05, 4.69) is 20.5 Å². The maximum atomic E-state index is 11.9. The Labute approximate surface area is 148 Å². The Morgan fingerprint density at radius 3 is 2.60 bits per heavy atom. The third kappa shape index (κ3) is 5.64. The van der Waals surface area contributed by atoms with Gasteiger partial charge in [0, 0.05) is 29.1 Å². The Bertz CT molecular complexity index is 818. The third-order valence-corrected chi connectivity index (χ3v) is 3.96. The number of thioether (sulfide) groups is 1. The van der Waals surface area contributed by atoms with E-state index in [1.54, 1.807) is 19.1 Å². The maximum absolute atomic E-state index is 11.9. The maximum Gasteiger partial charge on any atom is 0.270 e. The standard InChI is InChI=1S/C16H17N5O3S/c1-10-7-11(2)18-16(17-10)25-9-15(22)20-19-12(3)13-5-4-6-14(8-13)21(23)24/h4-8H,9H2,1-3H3,(H,20,22)/b19-12-. The number of amides is 1. The molecule has 25 heavy (non-hydrogen) atoms. The minimum absolute atomic E-state index is 0.0269. The van der Waals surface area contributed by atoms with Gasteiger partial charge < -0.3 is 0 Å². The highest BCUT2D eigenvalue weighted by Gasteiger charge is 2.09. The molecule has 0 aliphatic rings. The van der Waals surface area contributed by atoms with Gasteiger partial charge in [0.15, 0.2) is 5.16 Å². The lowest BCUT2D eigenvalue weighted by Gasteiger charge is -2.04. The summed E-state index contributed by atoms with van der Waals surface area (Å²) < 4.78 is 0. The average Bonchev–Trinajstić information content (AvgIpc) is 2.57. The molecule has 1 heterocycles. The van der Waals surface area contributed by atoms with Gasteiger partial charge >= 0.3 is 0 Å². The number of carbonyl (C=O) groups excluding carboxylic acids is 1. The smallest absolute Gasteiger partial charge is 0.270 e. The Kier molecular flexibility index (Phi) is 6.18. The van der Waals surface area contributed by atoms with Gasteiger partial charge in [0.25, 0.3) is 11.6 Å². The Hall–Kier alpha value is -2.81. The monoisotopic (exact) mass is 359 g/mol. The van der Waals surface area contributed by atoms with E-state index in [9.17, 15) is 14.9 Å². The second kappa shape index (κ2) is 8.34. The van der Waals surface area contributed by atoms with E-state index in [-0.39, 0.29) is 17.3 Å². The lowest BCUT2D eigenvalue weighted by molar-refractivity contribution is -0.384. The van der Waals surface area contributed by atoms with Gasteiger partial charge in [-0.3, -0.25) is 14.9 Å². The zero-order valence-electron chi connectivity index (χ0n) is 14.0. The third-order valence-electron chi connectivity index (χ3n) is 3.12. The van der Waals surface area contributed by atoms with Crippen LogP contribution in [0.1, 0.15) is 23.9 Å². The molecule has 1 aromatic heterocycles. The first-order chi connectivity index (χ1) is 11.8. The van der Waals surface area contributed by atoms with Crippen molar-refractivity contribution in [2.75, 3.05) is 5.75 Å². The van der Waals surface area contributed by atoms with Gasteiger partial charge in [0.05, 0.1) is 16.4 Å². The molecule has 0 unspecified atom stereocenters. The summed E-state index contributed by atoms with van der Waals surface area (Å²) in [6, 6.07) is 7.92. The van der Waals surface area contributed by atoms with Gasteiger partial charge in [0.2, 0.25) is 0 Å². The number of nitrogens with zero attached hydrogens (tertiary/aromatic N) is 4. The summed E-state index contributed by atoms with van der Waals surface area (Å²) in [7, 11) is 0. The summed E-state index contributed by atoms with van der Waals surface area (Å²) in [5.41, 5.74) is 5.14. The van der Waals surface area contributed by atoms with Crippen LogP contribution in [0.2, 0.25) is 0 Å². The number of hydrogen-bond donors (Lipinski definition) is 1. The van der Waals surface area contributed by atoms with Gasteiger partial charge in [-0.1, -0.05) is 23.9 Å². The molecule has 0 spiro atoms. The molecular weight excluding hydrogens is 342 g/mol. The van der Waals surface area contributed by atoms with E-state index in [1.165, 1.54) is 23.9 Å². The Morgan fingerprint density at radius 1 is 1.28 bits per heavy atom. The van der Waals surface area contributed by atoms with Crippen molar-refractivity contribution < 1.29 is 9.72 Å². The topological polar surface area (TPSA) is 110 Å². The van der Waals surface area contributed by atoms with Crippen molar-refractivity contribution in [3.8, 4) is 0 Å². The van der Waals surface area contributed by atoms with E-state index in [4.69, 9.17) is 0 Å². The lowest BCUT2D eigenvalue weighted by Crippen LogP contribution is -2.21. The fraction of sp³-hybridized carbons (Fsp3) is 0.250. The van der Waals surface area contributed by atoms with E-state index in [0.29, 0.717) is 16.4 Å². The summed E-state index contributed by atoms with van der Waals surface area (Å²) in [5.74, 6) is -0.188. The number of hydrazone groups is 1. The average molecular weight is 359 g/mol. The first-order valence-electron chi connectivity index (χ1n) is 7.38. The largest absolute Gasteiger partial charge is 0.272 e. The minimum atomic E-state index is -0.476. The molecule has 1 N–H and O–H groups in total. The van der Waals surface area contributed by atoms with Gasteiger partial charge in [-0.25, -0.2) is 15.4 Å². The first kappa shape index (κ1) is 18.5. The normalized spacial score (nSPS) is 11.2. The van der Waals surface area contributed by atoms with Crippen LogP contribution in [0.4, 0.5) is 5.69 Å². The van der Waals surface area contributed by atoms with Gasteiger partial charge in [-0.15, -0.1) is 0 Å². The van der Waals surface area contributed by atoms with E-state index >= 15 is 0 Å². The molecular formula is C16H17N5O3S. The summed E-state index contributed by atoms with van der Waals surface area (Å²) >= 11 is 1.22. The lowest BCUT2D eigenvalue weighted by atomic mass is 10.1. The van der Waals surface area contributed by atoms with Gasteiger partial charge in [0.1, 0.15) is 0 Å². The van der Waals surface area contributed by atoms with Crippen molar-refractivity contribution >= 4 is 29.1 Å². The SMILES string of the molecule is C/C(=N/NC(=O)CSc1nc(C)cc(C)n1)c1cccc([N+](=O)[O-])c1. The fourth-order valence-corrected chi connectivity index (χ4v) is 2.72. The molecule has 0 atom stereocenters. The highest BCUT2D eigenvalue weighted by Crippen LogP contribution is 2.15. The van der Waals surface area contributed by atoms with Crippen molar-refractivity contribution in [2.45, 2.75) is 25.9 Å². The number of nitro groups is 1. The molecule has 0 radical (unpaired) electrons. The second-order valence-electron chi connectivity index (χ2n) is 5.26. The van der Waals surface area contributed by atoms with Crippen LogP contribution in [0.5, 0.6) is 0 Å². The molecule has 130 valence electrons. The quantitative estimate of drug-likeness (QED) is 0.279. The predicted octanol–water partition coefficient (Wildman–Crippen LogP) is 2.63. The van der Waals surface area contributed by atoms with Crippen molar-refractivity contribution in [3.63, 3.8) is 0 Å². The highest BCUT2D eigenvalue weighted by molar-refractivity contribution is 7.99. The number of nitro benzene ring substituents is 1. The van der Waals surface area contributed by atoms with E-state index in [0.717, 1.165) is 11.4 Å². The molecule has 0 aliphatic heterocycles. The molecule has 1 amide bonds. The summed E-state index contributed by atoms with van der Waals surface area (Å²) in [5, 5.41) is 15.3. The number of aromatic nitrogens is 2. The highest BCUT2D eigenvalue weighted by atomic mass is 32.2. The number of carbonyl (C=O) groups is 1. The summed E-state index contributed by atoms with van der Waals surface area (Å²) in [4.78, 5) is 30.7. The zero-order chi connectivity index (χ0) is 18.4. The minimum Gasteiger partial charge on any atom is -0.272 e. The van der Waals surface area contributed by atoms with Crippen LogP contribution < -0.4 is 5.43 Å². The number of nitrogens with one attached hydrogen (secondary N) is 1. The molecule has 0 saturated carbocycles. The molecule has 0 aliphatic carbocycles. The number of benzene rings is 1. The van der Waals surface area contributed by atoms with Crippen molar-refractivity contribution in [2.24, 2.45) is 5.10 Å². The molecule has 0 bridgehead atoms. The molecule has 2 aromatic rings. The van der Waals surface area contributed by atoms with Crippen LogP contribution >= 0.6 is 11.8 Å². The van der Waals surface area contributed by atoms with Crippen LogP contribution in [-0.2, 0) is 4.79 Å². The number of aryl methyl sites for hydroxylation is 2. The molecule has 0 saturated heterocycles. The van der Waals surface area contributed by atoms with Crippen LogP contribution in [-0.4, -0.2) is 32.3 Å². The second-order valence-corrected chi connectivity index (χ2v) is 6.20. The van der Waals surface area contributed by atoms with E-state index < -0.39 is 4.92 Å². The molecule has 0 fully saturated rings. The van der Waals surface area contributed by atoms with Crippen molar-refractivity contribution in [1.29, 1.82) is 0 Å². The van der Waals surface area contributed by atoms with Crippen LogP contribution in [0.3, 0.4) is 0 Å². The molecule has 2 rings (SSSR count). The Balaban J connectivity index is 1.95.